The van der Waals surface area contributed by atoms with E-state index in [9.17, 15) is 14.4 Å². The third kappa shape index (κ3) is 6.00. The fourth-order valence-electron chi connectivity index (χ4n) is 2.60. The van der Waals surface area contributed by atoms with Gasteiger partial charge in [0.15, 0.2) is 5.78 Å². The molecule has 0 aliphatic heterocycles. The highest BCUT2D eigenvalue weighted by Crippen LogP contribution is 2.28. The molecule has 0 aromatic heterocycles. The summed E-state index contributed by atoms with van der Waals surface area (Å²) in [5.41, 5.74) is 1.22. The molecule has 5 nitrogen and oxygen atoms in total. The minimum Gasteiger partial charge on any atom is -0.466 e. The standard InChI is InChI=1S/C17H26O5/c1-3-21-16(19)10-8-6-5-7-9-13-14(11-12-15(13)18)17(20)22-4-2/h3-12H2,1-2H3. The van der Waals surface area contributed by atoms with Gasteiger partial charge in [0.2, 0.25) is 0 Å². The van der Waals surface area contributed by atoms with Crippen LogP contribution < -0.4 is 0 Å². The zero-order chi connectivity index (χ0) is 16.4. The number of Topliss-reactive ketones (excluding diaryl/α,β-unsaturated/α-hetero) is 1. The van der Waals surface area contributed by atoms with Gasteiger partial charge in [-0.2, -0.15) is 0 Å². The third-order valence-electron chi connectivity index (χ3n) is 3.69. The van der Waals surface area contributed by atoms with E-state index in [1.54, 1.807) is 13.8 Å². The fraction of sp³-hybridized carbons (Fsp3) is 0.706. The molecule has 0 saturated carbocycles. The lowest BCUT2D eigenvalue weighted by Gasteiger charge is -2.06. The summed E-state index contributed by atoms with van der Waals surface area (Å²) in [5.74, 6) is -0.416. The fourth-order valence-corrected chi connectivity index (χ4v) is 2.60. The van der Waals surface area contributed by atoms with Gasteiger partial charge in [-0.25, -0.2) is 4.79 Å². The SMILES string of the molecule is CCOC(=O)CCCCCCC1=C(C(=O)OCC)CCC1=O. The van der Waals surface area contributed by atoms with E-state index in [0.717, 1.165) is 25.7 Å². The van der Waals surface area contributed by atoms with E-state index in [1.807, 2.05) is 0 Å². The van der Waals surface area contributed by atoms with Gasteiger partial charge in [-0.1, -0.05) is 12.8 Å². The van der Waals surface area contributed by atoms with Crippen molar-refractivity contribution in [1.29, 1.82) is 0 Å². The summed E-state index contributed by atoms with van der Waals surface area (Å²) < 4.78 is 9.86. The molecule has 0 aromatic rings. The Labute approximate surface area is 132 Å². The second-order valence-electron chi connectivity index (χ2n) is 5.32. The molecule has 0 bridgehead atoms. The Morgan fingerprint density at radius 2 is 1.64 bits per heavy atom. The van der Waals surface area contributed by atoms with Crippen LogP contribution in [0, 0.1) is 0 Å². The number of hydrogen-bond acceptors (Lipinski definition) is 5. The second kappa shape index (κ2) is 10.1. The Hall–Kier alpha value is -1.65. The molecule has 0 radical (unpaired) electrons. The maximum Gasteiger partial charge on any atom is 0.334 e. The van der Waals surface area contributed by atoms with Crippen molar-refractivity contribution in [2.45, 2.75) is 65.2 Å². The van der Waals surface area contributed by atoms with Crippen LogP contribution >= 0.6 is 0 Å². The Bertz CT molecular complexity index is 436. The lowest BCUT2D eigenvalue weighted by Crippen LogP contribution is -2.08. The van der Waals surface area contributed by atoms with E-state index >= 15 is 0 Å². The zero-order valence-corrected chi connectivity index (χ0v) is 13.6. The molecule has 0 fully saturated rings. The molecule has 22 heavy (non-hydrogen) atoms. The molecular formula is C17H26O5. The smallest absolute Gasteiger partial charge is 0.334 e. The quantitative estimate of drug-likeness (QED) is 0.458. The minimum absolute atomic E-state index is 0.0783. The number of ether oxygens (including phenoxy) is 2. The third-order valence-corrected chi connectivity index (χ3v) is 3.69. The maximum atomic E-state index is 11.8. The van der Waals surface area contributed by atoms with Crippen LogP contribution in [0.2, 0.25) is 0 Å². The molecule has 1 rings (SSSR count). The van der Waals surface area contributed by atoms with Crippen LogP contribution in [0.5, 0.6) is 0 Å². The van der Waals surface area contributed by atoms with Crippen LogP contribution in [0.15, 0.2) is 11.1 Å². The van der Waals surface area contributed by atoms with Gasteiger partial charge in [0.25, 0.3) is 0 Å². The van der Waals surface area contributed by atoms with Crippen LogP contribution in [0.25, 0.3) is 0 Å². The van der Waals surface area contributed by atoms with E-state index in [0.29, 0.717) is 50.0 Å². The van der Waals surface area contributed by atoms with Crippen LogP contribution in [-0.2, 0) is 23.9 Å². The van der Waals surface area contributed by atoms with E-state index in [1.165, 1.54) is 0 Å². The number of carbonyl (C=O) groups excluding carboxylic acids is 3. The molecule has 0 heterocycles. The van der Waals surface area contributed by atoms with Gasteiger partial charge >= 0.3 is 11.9 Å². The molecule has 1 aliphatic carbocycles. The van der Waals surface area contributed by atoms with E-state index in [4.69, 9.17) is 9.47 Å². The molecule has 1 aliphatic rings. The van der Waals surface area contributed by atoms with Crippen molar-refractivity contribution in [3.63, 3.8) is 0 Å². The number of ketones is 1. The Balaban J connectivity index is 2.30. The topological polar surface area (TPSA) is 69.7 Å². The van der Waals surface area contributed by atoms with Gasteiger partial charge in [-0.05, 0) is 39.5 Å². The van der Waals surface area contributed by atoms with E-state index in [2.05, 4.69) is 0 Å². The van der Waals surface area contributed by atoms with Crippen molar-refractivity contribution in [2.24, 2.45) is 0 Å². The molecular weight excluding hydrogens is 284 g/mol. The van der Waals surface area contributed by atoms with Crippen molar-refractivity contribution < 1.29 is 23.9 Å². The highest BCUT2D eigenvalue weighted by molar-refractivity contribution is 6.07. The van der Waals surface area contributed by atoms with Crippen LogP contribution in [0.1, 0.15) is 65.2 Å². The molecule has 5 heteroatoms. The first-order chi connectivity index (χ1) is 10.6. The van der Waals surface area contributed by atoms with E-state index in [-0.39, 0.29) is 17.7 Å². The number of rotatable bonds is 10. The van der Waals surface area contributed by atoms with Crippen LogP contribution in [0.4, 0.5) is 0 Å². The summed E-state index contributed by atoms with van der Waals surface area (Å²) in [6, 6.07) is 0. The molecule has 0 unspecified atom stereocenters. The van der Waals surface area contributed by atoms with E-state index < -0.39 is 0 Å². The van der Waals surface area contributed by atoms with Gasteiger partial charge in [-0.15, -0.1) is 0 Å². The largest absolute Gasteiger partial charge is 0.466 e. The Morgan fingerprint density at radius 3 is 2.32 bits per heavy atom. The first-order valence-electron chi connectivity index (χ1n) is 8.18. The van der Waals surface area contributed by atoms with Crippen molar-refractivity contribution in [3.8, 4) is 0 Å². The molecule has 0 spiro atoms. The predicted molar refractivity (Wildman–Crippen MR) is 82.2 cm³/mol. The van der Waals surface area contributed by atoms with Gasteiger partial charge in [0.1, 0.15) is 0 Å². The van der Waals surface area contributed by atoms with Crippen LogP contribution in [0.3, 0.4) is 0 Å². The minimum atomic E-state index is -0.342. The van der Waals surface area contributed by atoms with Crippen molar-refractivity contribution in [2.75, 3.05) is 13.2 Å². The lowest BCUT2D eigenvalue weighted by atomic mass is 10.0. The van der Waals surface area contributed by atoms with Gasteiger partial charge in [0.05, 0.1) is 13.2 Å². The zero-order valence-electron chi connectivity index (χ0n) is 13.6. The molecule has 0 atom stereocenters. The first kappa shape index (κ1) is 18.4. The highest BCUT2D eigenvalue weighted by Gasteiger charge is 2.27. The summed E-state index contributed by atoms with van der Waals surface area (Å²) in [5, 5.41) is 0. The average Bonchev–Trinajstić information content (AvgIpc) is 2.84. The first-order valence-corrected chi connectivity index (χ1v) is 8.18. The number of unbranched alkanes of at least 4 members (excludes halogenated alkanes) is 3. The van der Waals surface area contributed by atoms with Gasteiger partial charge in [-0.3, -0.25) is 9.59 Å². The summed E-state index contributed by atoms with van der Waals surface area (Å²) in [6.07, 6.45) is 5.53. The van der Waals surface area contributed by atoms with Crippen molar-refractivity contribution in [1.82, 2.24) is 0 Å². The monoisotopic (exact) mass is 310 g/mol. The Morgan fingerprint density at radius 1 is 0.955 bits per heavy atom. The molecule has 0 aromatic carbocycles. The number of carbonyl (C=O) groups is 3. The summed E-state index contributed by atoms with van der Waals surface area (Å²) >= 11 is 0. The number of hydrogen-bond donors (Lipinski definition) is 0. The molecule has 0 saturated heterocycles. The van der Waals surface area contributed by atoms with Crippen molar-refractivity contribution in [3.05, 3.63) is 11.1 Å². The van der Waals surface area contributed by atoms with Gasteiger partial charge in [0, 0.05) is 24.0 Å². The second-order valence-corrected chi connectivity index (χ2v) is 5.32. The summed E-state index contributed by atoms with van der Waals surface area (Å²) in [6.45, 7) is 4.31. The molecule has 0 amide bonds. The van der Waals surface area contributed by atoms with Gasteiger partial charge < -0.3 is 9.47 Å². The lowest BCUT2D eigenvalue weighted by molar-refractivity contribution is -0.143. The molecule has 0 N–H and O–H groups in total. The highest BCUT2D eigenvalue weighted by atomic mass is 16.5. The summed E-state index contributed by atoms with van der Waals surface area (Å²) in [7, 11) is 0. The molecule has 124 valence electrons. The number of allylic oxidation sites excluding steroid dienone is 1. The average molecular weight is 310 g/mol. The number of esters is 2. The van der Waals surface area contributed by atoms with Crippen LogP contribution in [-0.4, -0.2) is 30.9 Å². The summed E-state index contributed by atoms with van der Waals surface area (Å²) in [4.78, 5) is 34.8. The predicted octanol–water partition coefficient (Wildman–Crippen LogP) is 3.11. The van der Waals surface area contributed by atoms with Crippen molar-refractivity contribution >= 4 is 17.7 Å². The Kier molecular flexibility index (Phi) is 8.48. The maximum absolute atomic E-state index is 11.8. The normalized spacial score (nSPS) is 14.4.